The van der Waals surface area contributed by atoms with Gasteiger partial charge in [0.15, 0.2) is 0 Å². The molecule has 0 aromatic carbocycles. The number of aliphatic imine (C=N–C) groups is 1. The fraction of sp³-hybridized carbons (Fsp3) is 0.727. The van der Waals surface area contributed by atoms with Crippen LogP contribution in [0.1, 0.15) is 26.2 Å². The molecule has 0 amide bonds. The zero-order valence-corrected chi connectivity index (χ0v) is 8.70. The highest BCUT2D eigenvalue weighted by atomic mass is 16.5. The number of rotatable bonds is 2. The number of nitrogens with zero attached hydrogens (tertiary/aromatic N) is 1. The molecule has 2 heterocycles. The van der Waals surface area contributed by atoms with Crippen LogP contribution >= 0.6 is 0 Å². The normalized spacial score (nSPS) is 28.6. The Balaban J connectivity index is 1.86. The minimum Gasteiger partial charge on any atom is -0.493 e. The monoisotopic (exact) mass is 194 g/mol. The predicted octanol–water partition coefficient (Wildman–Crippen LogP) is 1.50. The number of ether oxygens (including phenoxy) is 1. The van der Waals surface area contributed by atoms with Crippen molar-refractivity contribution in [3.8, 4) is 0 Å². The molecule has 0 spiro atoms. The summed E-state index contributed by atoms with van der Waals surface area (Å²) in [6.07, 6.45) is 7.67. The summed E-state index contributed by atoms with van der Waals surface area (Å²) >= 11 is 0. The molecule has 2 aliphatic rings. The summed E-state index contributed by atoms with van der Waals surface area (Å²) in [4.78, 5) is 4.34. The van der Waals surface area contributed by atoms with Crippen LogP contribution in [-0.4, -0.2) is 31.4 Å². The Kier molecular flexibility index (Phi) is 3.19. The van der Waals surface area contributed by atoms with Crippen molar-refractivity contribution < 1.29 is 4.74 Å². The standard InChI is InChI=1S/C11H18N2O/c1-9-11(3-2-6-13-9)14-10-4-7-12-8-5-10/h3,6,9-10,12H,2,4-5,7-8H2,1H3. The van der Waals surface area contributed by atoms with E-state index in [1.807, 2.05) is 6.21 Å². The number of dihydropyridines is 1. The van der Waals surface area contributed by atoms with E-state index in [2.05, 4.69) is 23.3 Å². The minimum atomic E-state index is 0.221. The van der Waals surface area contributed by atoms with Crippen molar-refractivity contribution in [3.63, 3.8) is 0 Å². The average molecular weight is 194 g/mol. The molecule has 0 saturated carbocycles. The second kappa shape index (κ2) is 4.60. The van der Waals surface area contributed by atoms with E-state index in [0.717, 1.165) is 38.1 Å². The highest BCUT2D eigenvalue weighted by Gasteiger charge is 2.18. The molecule has 78 valence electrons. The third-order valence-corrected chi connectivity index (χ3v) is 2.75. The molecule has 1 unspecified atom stereocenters. The summed E-state index contributed by atoms with van der Waals surface area (Å²) in [6.45, 7) is 4.24. The van der Waals surface area contributed by atoms with Crippen LogP contribution in [0.5, 0.6) is 0 Å². The van der Waals surface area contributed by atoms with Crippen molar-refractivity contribution in [1.82, 2.24) is 5.32 Å². The lowest BCUT2D eigenvalue weighted by Gasteiger charge is -2.27. The maximum Gasteiger partial charge on any atom is 0.117 e. The first-order valence-electron chi connectivity index (χ1n) is 5.45. The lowest BCUT2D eigenvalue weighted by atomic mass is 10.1. The van der Waals surface area contributed by atoms with Gasteiger partial charge in [0.25, 0.3) is 0 Å². The predicted molar refractivity (Wildman–Crippen MR) is 57.6 cm³/mol. The van der Waals surface area contributed by atoms with Crippen LogP contribution in [0, 0.1) is 0 Å². The van der Waals surface area contributed by atoms with Crippen LogP contribution < -0.4 is 5.32 Å². The number of piperidine rings is 1. The van der Waals surface area contributed by atoms with Gasteiger partial charge in [-0.15, -0.1) is 0 Å². The molecule has 3 heteroatoms. The SMILES string of the molecule is CC1N=CCC=C1OC1CCNCC1. The third kappa shape index (κ3) is 2.35. The van der Waals surface area contributed by atoms with Crippen molar-refractivity contribution in [2.45, 2.75) is 38.3 Å². The van der Waals surface area contributed by atoms with Crippen LogP contribution in [0.15, 0.2) is 16.8 Å². The van der Waals surface area contributed by atoms with Gasteiger partial charge < -0.3 is 10.1 Å². The van der Waals surface area contributed by atoms with Crippen molar-refractivity contribution in [1.29, 1.82) is 0 Å². The first-order chi connectivity index (χ1) is 6.86. The zero-order valence-electron chi connectivity index (χ0n) is 8.70. The van der Waals surface area contributed by atoms with E-state index in [1.165, 1.54) is 0 Å². The largest absolute Gasteiger partial charge is 0.493 e. The van der Waals surface area contributed by atoms with E-state index in [-0.39, 0.29) is 6.04 Å². The topological polar surface area (TPSA) is 33.6 Å². The average Bonchev–Trinajstić information content (AvgIpc) is 2.23. The van der Waals surface area contributed by atoms with Gasteiger partial charge in [-0.1, -0.05) is 0 Å². The Morgan fingerprint density at radius 1 is 1.43 bits per heavy atom. The molecular weight excluding hydrogens is 176 g/mol. The molecule has 1 saturated heterocycles. The zero-order chi connectivity index (χ0) is 9.80. The molecule has 1 fully saturated rings. The minimum absolute atomic E-state index is 0.221. The number of nitrogens with one attached hydrogen (secondary N) is 1. The van der Waals surface area contributed by atoms with Crippen LogP contribution in [0.4, 0.5) is 0 Å². The Morgan fingerprint density at radius 3 is 2.93 bits per heavy atom. The molecule has 0 aliphatic carbocycles. The highest BCUT2D eigenvalue weighted by Crippen LogP contribution is 2.18. The Labute approximate surface area is 85.2 Å². The smallest absolute Gasteiger partial charge is 0.117 e. The first-order valence-corrected chi connectivity index (χ1v) is 5.45. The summed E-state index contributed by atoms with van der Waals surface area (Å²) in [5.74, 6) is 1.07. The third-order valence-electron chi connectivity index (χ3n) is 2.75. The molecule has 1 N–H and O–H groups in total. The summed E-state index contributed by atoms with van der Waals surface area (Å²) < 4.78 is 5.95. The first kappa shape index (κ1) is 9.71. The van der Waals surface area contributed by atoms with Crippen LogP contribution in [0.2, 0.25) is 0 Å². The van der Waals surface area contributed by atoms with Gasteiger partial charge in [0.05, 0.1) is 0 Å². The van der Waals surface area contributed by atoms with E-state index in [9.17, 15) is 0 Å². The molecule has 0 radical (unpaired) electrons. The second-order valence-electron chi connectivity index (χ2n) is 3.92. The Hall–Kier alpha value is -0.830. The molecular formula is C11H18N2O. The van der Waals surface area contributed by atoms with E-state index in [1.54, 1.807) is 0 Å². The van der Waals surface area contributed by atoms with Gasteiger partial charge in [-0.05, 0) is 38.9 Å². The maximum atomic E-state index is 5.95. The molecule has 0 aromatic heterocycles. The summed E-state index contributed by atoms with van der Waals surface area (Å²) in [6, 6.07) is 0.221. The lowest BCUT2D eigenvalue weighted by molar-refractivity contribution is 0.0786. The summed E-state index contributed by atoms with van der Waals surface area (Å²) in [5, 5.41) is 3.33. The molecule has 14 heavy (non-hydrogen) atoms. The Morgan fingerprint density at radius 2 is 2.21 bits per heavy atom. The van der Waals surface area contributed by atoms with E-state index < -0.39 is 0 Å². The van der Waals surface area contributed by atoms with Crippen LogP contribution in [0.25, 0.3) is 0 Å². The van der Waals surface area contributed by atoms with Crippen molar-refractivity contribution >= 4 is 6.21 Å². The second-order valence-corrected chi connectivity index (χ2v) is 3.92. The van der Waals surface area contributed by atoms with Gasteiger partial charge >= 0.3 is 0 Å². The van der Waals surface area contributed by atoms with Gasteiger partial charge in [0.1, 0.15) is 17.9 Å². The van der Waals surface area contributed by atoms with Gasteiger partial charge in [-0.2, -0.15) is 0 Å². The lowest BCUT2D eigenvalue weighted by Crippen LogP contribution is -2.33. The maximum absolute atomic E-state index is 5.95. The van der Waals surface area contributed by atoms with Gasteiger partial charge in [-0.25, -0.2) is 0 Å². The van der Waals surface area contributed by atoms with E-state index >= 15 is 0 Å². The number of allylic oxidation sites excluding steroid dienone is 1. The fourth-order valence-corrected chi connectivity index (χ4v) is 1.88. The van der Waals surface area contributed by atoms with Gasteiger partial charge in [0, 0.05) is 12.6 Å². The summed E-state index contributed by atoms with van der Waals surface area (Å²) in [7, 11) is 0. The molecule has 3 nitrogen and oxygen atoms in total. The summed E-state index contributed by atoms with van der Waals surface area (Å²) in [5.41, 5.74) is 0. The van der Waals surface area contributed by atoms with E-state index in [0.29, 0.717) is 6.10 Å². The quantitative estimate of drug-likeness (QED) is 0.722. The van der Waals surface area contributed by atoms with Crippen molar-refractivity contribution in [2.75, 3.05) is 13.1 Å². The van der Waals surface area contributed by atoms with Crippen molar-refractivity contribution in [2.24, 2.45) is 4.99 Å². The highest BCUT2D eigenvalue weighted by molar-refractivity contribution is 5.61. The molecule has 2 aliphatic heterocycles. The molecule has 1 atom stereocenters. The van der Waals surface area contributed by atoms with Crippen LogP contribution in [0.3, 0.4) is 0 Å². The number of hydrogen-bond donors (Lipinski definition) is 1. The van der Waals surface area contributed by atoms with Gasteiger partial charge in [0.2, 0.25) is 0 Å². The van der Waals surface area contributed by atoms with Crippen molar-refractivity contribution in [3.05, 3.63) is 11.8 Å². The molecule has 2 rings (SSSR count). The van der Waals surface area contributed by atoms with Crippen LogP contribution in [-0.2, 0) is 4.74 Å². The Bertz CT molecular complexity index is 242. The number of hydrogen-bond acceptors (Lipinski definition) is 3. The van der Waals surface area contributed by atoms with Gasteiger partial charge in [-0.3, -0.25) is 4.99 Å². The fourth-order valence-electron chi connectivity index (χ4n) is 1.88. The molecule has 0 bridgehead atoms. The van der Waals surface area contributed by atoms with E-state index in [4.69, 9.17) is 4.74 Å². The molecule has 0 aromatic rings.